The molecule has 0 saturated heterocycles. The molecule has 0 bridgehead atoms. The Morgan fingerprint density at radius 3 is 2.65 bits per heavy atom. The Morgan fingerprint density at radius 2 is 1.93 bits per heavy atom. The number of primary amides is 1. The fourth-order valence-corrected chi connectivity index (χ4v) is 4.69. The third-order valence-electron chi connectivity index (χ3n) is 5.66. The number of rotatable bonds is 7. The molecule has 0 aliphatic heterocycles. The highest BCUT2D eigenvalue weighted by molar-refractivity contribution is 9.10. The number of pyridine rings is 1. The Labute approximate surface area is 244 Å². The molecule has 0 unspecified atom stereocenters. The van der Waals surface area contributed by atoms with Crippen LogP contribution in [0.25, 0.3) is 17.2 Å². The highest BCUT2D eigenvalue weighted by atomic mass is 79.9. The van der Waals surface area contributed by atoms with Crippen molar-refractivity contribution in [1.82, 2.24) is 35.0 Å². The maximum absolute atomic E-state index is 14.4. The average molecular weight is 645 g/mol. The highest BCUT2D eigenvalue weighted by Gasteiger charge is 2.23. The van der Waals surface area contributed by atoms with Crippen LogP contribution < -0.4 is 11.1 Å². The summed E-state index contributed by atoms with van der Waals surface area (Å²) in [6, 6.07) is 12.2. The van der Waals surface area contributed by atoms with E-state index in [-0.39, 0.29) is 45.7 Å². The van der Waals surface area contributed by atoms with Crippen LogP contribution in [0.4, 0.5) is 10.1 Å². The lowest BCUT2D eigenvalue weighted by Gasteiger charge is -2.13. The molecule has 0 saturated carbocycles. The summed E-state index contributed by atoms with van der Waals surface area (Å²) in [5.74, 6) is -1.65. The minimum absolute atomic E-state index is 0.0185. The van der Waals surface area contributed by atoms with Gasteiger partial charge in [0.2, 0.25) is 5.82 Å². The van der Waals surface area contributed by atoms with Crippen molar-refractivity contribution in [2.24, 2.45) is 5.73 Å². The van der Waals surface area contributed by atoms with Gasteiger partial charge in [-0.2, -0.15) is 9.90 Å². The number of amides is 2. The van der Waals surface area contributed by atoms with Crippen molar-refractivity contribution < 1.29 is 14.0 Å². The van der Waals surface area contributed by atoms with Crippen molar-refractivity contribution in [1.29, 1.82) is 0 Å². The number of aryl methyl sites for hydroxylation is 1. The molecule has 0 atom stereocenters. The summed E-state index contributed by atoms with van der Waals surface area (Å²) < 4.78 is 16.2. The molecular formula is C25H17BrCl2FN9O2. The molecule has 0 aliphatic rings. The first-order valence-corrected chi connectivity index (χ1v) is 13.0. The maximum Gasteiger partial charge on any atom is 0.274 e. The van der Waals surface area contributed by atoms with Crippen LogP contribution in [0.5, 0.6) is 0 Å². The van der Waals surface area contributed by atoms with E-state index in [0.29, 0.717) is 20.8 Å². The number of nitrogens with one attached hydrogen (secondary N) is 1. The average Bonchev–Trinajstić information content (AvgIpc) is 3.53. The third-order valence-corrected chi connectivity index (χ3v) is 6.67. The van der Waals surface area contributed by atoms with E-state index in [1.54, 1.807) is 31.2 Å². The molecule has 5 aromatic rings. The van der Waals surface area contributed by atoms with E-state index >= 15 is 0 Å². The van der Waals surface area contributed by atoms with Crippen molar-refractivity contribution >= 4 is 56.6 Å². The van der Waals surface area contributed by atoms with Crippen molar-refractivity contribution in [2.75, 3.05) is 5.32 Å². The Morgan fingerprint density at radius 1 is 1.12 bits per heavy atom. The lowest BCUT2D eigenvalue weighted by atomic mass is 10.1. The second-order valence-electron chi connectivity index (χ2n) is 8.47. The Bertz CT molecular complexity index is 1790. The van der Waals surface area contributed by atoms with Gasteiger partial charge in [0.15, 0.2) is 5.82 Å². The Balaban J connectivity index is 1.51. The summed E-state index contributed by atoms with van der Waals surface area (Å²) in [4.78, 5) is 31.0. The molecule has 15 heteroatoms. The first kappa shape index (κ1) is 27.4. The topological polar surface area (TPSA) is 146 Å². The first-order valence-electron chi connectivity index (χ1n) is 11.4. The predicted molar refractivity (Wildman–Crippen MR) is 149 cm³/mol. The van der Waals surface area contributed by atoms with E-state index in [1.165, 1.54) is 39.9 Å². The largest absolute Gasteiger partial charge is 0.366 e. The lowest BCUT2D eigenvalue weighted by molar-refractivity contribution is 0.100. The number of aromatic nitrogens is 7. The van der Waals surface area contributed by atoms with Crippen LogP contribution >= 0.6 is 39.1 Å². The van der Waals surface area contributed by atoms with Crippen molar-refractivity contribution in [2.45, 2.75) is 13.5 Å². The van der Waals surface area contributed by atoms with E-state index < -0.39 is 17.6 Å². The number of hydrogen-bond acceptors (Lipinski definition) is 7. The molecule has 0 spiro atoms. The van der Waals surface area contributed by atoms with Gasteiger partial charge in [-0.15, -0.1) is 10.2 Å². The molecule has 202 valence electrons. The van der Waals surface area contributed by atoms with E-state index in [9.17, 15) is 14.0 Å². The van der Waals surface area contributed by atoms with Crippen LogP contribution in [0.1, 0.15) is 32.1 Å². The number of carbonyl (C=O) groups excluding carboxylic acids is 2. The summed E-state index contributed by atoms with van der Waals surface area (Å²) in [6.07, 6.45) is 1.50. The summed E-state index contributed by atoms with van der Waals surface area (Å²) in [7, 11) is 0. The van der Waals surface area contributed by atoms with Gasteiger partial charge in [-0.3, -0.25) is 9.59 Å². The van der Waals surface area contributed by atoms with Gasteiger partial charge < -0.3 is 11.1 Å². The summed E-state index contributed by atoms with van der Waals surface area (Å²) >= 11 is 15.7. The zero-order valence-electron chi connectivity index (χ0n) is 20.4. The normalized spacial score (nSPS) is 11.0. The van der Waals surface area contributed by atoms with Gasteiger partial charge in [0.1, 0.15) is 18.1 Å². The molecule has 11 nitrogen and oxygen atoms in total. The van der Waals surface area contributed by atoms with Gasteiger partial charge in [-0.1, -0.05) is 39.1 Å². The second kappa shape index (κ2) is 11.1. The number of halogens is 4. The van der Waals surface area contributed by atoms with Gasteiger partial charge >= 0.3 is 0 Å². The number of anilines is 1. The zero-order valence-corrected chi connectivity index (χ0v) is 23.5. The predicted octanol–water partition coefficient (Wildman–Crippen LogP) is 4.84. The lowest BCUT2D eigenvalue weighted by Crippen LogP contribution is -2.21. The molecule has 3 aromatic heterocycles. The number of benzene rings is 2. The zero-order chi connectivity index (χ0) is 28.6. The quantitative estimate of drug-likeness (QED) is 0.258. The summed E-state index contributed by atoms with van der Waals surface area (Å²) in [5, 5.41) is 19.9. The standard InChI is InChI=1S/C25H17BrCl2FN9O2/c1-12-7-14(27)9-17(22(30)39)21(12)32-25(40)20-10-15(34-38(20)24-18(28)3-2-6-31-24)11-37-35-23(33-36-37)16-5-4-13(26)8-19(16)29/h2-10H,11H2,1H3,(H2,30,39)(H,32,40). The Hall–Kier alpha value is -4.20. The monoisotopic (exact) mass is 643 g/mol. The van der Waals surface area contributed by atoms with E-state index in [0.717, 1.165) is 0 Å². The van der Waals surface area contributed by atoms with Gasteiger partial charge in [-0.05, 0) is 66.2 Å². The molecule has 0 aliphatic carbocycles. The minimum Gasteiger partial charge on any atom is -0.366 e. The van der Waals surface area contributed by atoms with E-state index in [2.05, 4.69) is 46.7 Å². The smallest absolute Gasteiger partial charge is 0.274 e. The van der Waals surface area contributed by atoms with Gasteiger partial charge in [0, 0.05) is 15.7 Å². The van der Waals surface area contributed by atoms with Crippen LogP contribution in [-0.4, -0.2) is 46.8 Å². The highest BCUT2D eigenvalue weighted by Crippen LogP contribution is 2.27. The SMILES string of the molecule is Cc1cc(Cl)cc(C(N)=O)c1NC(=O)c1cc(Cn2nnc(-c3ccc(Br)cc3F)n2)nn1-c1ncccc1Cl. The van der Waals surface area contributed by atoms with Crippen molar-refractivity contribution in [3.05, 3.63) is 97.6 Å². The fourth-order valence-electron chi connectivity index (χ4n) is 3.88. The summed E-state index contributed by atoms with van der Waals surface area (Å²) in [6.45, 7) is 1.66. The van der Waals surface area contributed by atoms with Crippen molar-refractivity contribution in [3.8, 4) is 17.2 Å². The van der Waals surface area contributed by atoms with E-state index in [4.69, 9.17) is 28.9 Å². The van der Waals surface area contributed by atoms with E-state index in [1.807, 2.05) is 0 Å². The summed E-state index contributed by atoms with van der Waals surface area (Å²) in [5.41, 5.74) is 6.83. The molecule has 2 amide bonds. The first-order chi connectivity index (χ1) is 19.1. The number of nitrogens with two attached hydrogens (primary N) is 1. The van der Waals surface area contributed by atoms with Crippen LogP contribution in [0.3, 0.4) is 0 Å². The van der Waals surface area contributed by atoms with Crippen LogP contribution in [0, 0.1) is 12.7 Å². The minimum atomic E-state index is -0.766. The van der Waals surface area contributed by atoms with Crippen LogP contribution in [-0.2, 0) is 6.54 Å². The molecule has 3 heterocycles. The molecular weight excluding hydrogens is 628 g/mol. The molecule has 0 fully saturated rings. The molecule has 0 radical (unpaired) electrons. The molecule has 2 aromatic carbocycles. The van der Waals surface area contributed by atoms with Gasteiger partial charge in [-0.25, -0.2) is 14.1 Å². The molecule has 5 rings (SSSR count). The van der Waals surface area contributed by atoms with Gasteiger partial charge in [0.05, 0.1) is 27.5 Å². The fraction of sp³-hybridized carbons (Fsp3) is 0.0800. The third kappa shape index (κ3) is 5.57. The van der Waals surface area contributed by atoms with Gasteiger partial charge in [0.25, 0.3) is 11.8 Å². The maximum atomic E-state index is 14.4. The second-order valence-corrected chi connectivity index (χ2v) is 10.2. The van der Waals surface area contributed by atoms with Crippen LogP contribution in [0.2, 0.25) is 10.0 Å². The Kier molecular flexibility index (Phi) is 7.61. The number of carbonyl (C=O) groups is 2. The van der Waals surface area contributed by atoms with Crippen LogP contribution in [0.15, 0.2) is 59.2 Å². The molecule has 40 heavy (non-hydrogen) atoms. The van der Waals surface area contributed by atoms with Crippen molar-refractivity contribution in [3.63, 3.8) is 0 Å². The molecule has 3 N–H and O–H groups in total. The number of hydrogen-bond donors (Lipinski definition) is 2. The number of nitrogens with zero attached hydrogens (tertiary/aromatic N) is 7. The number of tetrazole rings is 1.